The summed E-state index contributed by atoms with van der Waals surface area (Å²) < 4.78 is 32.6. The molecule has 1 aromatic carbocycles. The predicted molar refractivity (Wildman–Crippen MR) is 124 cm³/mol. The van der Waals surface area contributed by atoms with Crippen LogP contribution >= 0.6 is 0 Å². The number of likely N-dealkylation sites (tertiary alicyclic amines) is 3. The number of hydrogen-bond donors (Lipinski definition) is 1. The number of amides is 3. The highest BCUT2D eigenvalue weighted by molar-refractivity contribution is 5.88. The van der Waals surface area contributed by atoms with Gasteiger partial charge in [0.05, 0.1) is 12.1 Å². The molecule has 0 spiro atoms. The maximum absolute atomic E-state index is 13.6. The van der Waals surface area contributed by atoms with E-state index in [-0.39, 0.29) is 30.9 Å². The third kappa shape index (κ3) is 5.59. The molecule has 194 valence electrons. The molecule has 0 unspecified atom stereocenters. The van der Waals surface area contributed by atoms with Crippen LogP contribution in [0.25, 0.3) is 0 Å². The van der Waals surface area contributed by atoms with Gasteiger partial charge in [0.25, 0.3) is 0 Å². The van der Waals surface area contributed by atoms with Crippen LogP contribution in [-0.4, -0.2) is 82.0 Å². The molecule has 3 aliphatic rings. The zero-order valence-corrected chi connectivity index (χ0v) is 20.7. The Hall–Kier alpha value is -3.26. The van der Waals surface area contributed by atoms with Crippen LogP contribution in [0.2, 0.25) is 0 Å². The number of benzene rings is 1. The van der Waals surface area contributed by atoms with Crippen LogP contribution in [-0.2, 0) is 20.9 Å². The smallest absolute Gasteiger partial charge is 0.408 e. The van der Waals surface area contributed by atoms with Gasteiger partial charge in [-0.15, -0.1) is 0 Å². The maximum atomic E-state index is 13.6. The number of piperazine rings is 1. The molecule has 0 aromatic heterocycles. The minimum atomic E-state index is -0.994. The molecule has 0 saturated carbocycles. The Balaban J connectivity index is 1.46. The first-order valence-electron chi connectivity index (χ1n) is 12.1. The Morgan fingerprint density at radius 3 is 2.56 bits per heavy atom. The first-order chi connectivity index (χ1) is 16.9. The van der Waals surface area contributed by atoms with E-state index in [0.717, 1.165) is 6.07 Å². The van der Waals surface area contributed by atoms with Crippen LogP contribution in [0.1, 0.15) is 45.6 Å². The van der Waals surface area contributed by atoms with Crippen molar-refractivity contribution in [3.05, 3.63) is 35.4 Å². The van der Waals surface area contributed by atoms with Crippen molar-refractivity contribution in [1.82, 2.24) is 20.0 Å². The lowest BCUT2D eigenvalue weighted by atomic mass is 10.1. The van der Waals surface area contributed by atoms with Crippen LogP contribution in [0.5, 0.6) is 0 Å². The fourth-order valence-corrected chi connectivity index (χ4v) is 5.28. The zero-order valence-electron chi connectivity index (χ0n) is 20.7. The summed E-state index contributed by atoms with van der Waals surface area (Å²) in [5.74, 6) is -1.96. The lowest BCUT2D eigenvalue weighted by molar-refractivity contribution is -0.140. The minimum Gasteiger partial charge on any atom is -0.444 e. The molecule has 0 radical (unpaired) electrons. The highest BCUT2D eigenvalue weighted by Gasteiger charge is 2.50. The van der Waals surface area contributed by atoms with Gasteiger partial charge < -0.3 is 19.9 Å². The summed E-state index contributed by atoms with van der Waals surface area (Å²) in [5, 5.41) is 12.1. The molecule has 11 heteroatoms. The fraction of sp³-hybridized carbons (Fsp3) is 0.600. The van der Waals surface area contributed by atoms with Crippen molar-refractivity contribution in [2.24, 2.45) is 0 Å². The van der Waals surface area contributed by atoms with Gasteiger partial charge >= 0.3 is 6.09 Å². The van der Waals surface area contributed by atoms with E-state index >= 15 is 0 Å². The van der Waals surface area contributed by atoms with Gasteiger partial charge in [-0.05, 0) is 57.7 Å². The average molecular weight is 504 g/mol. The monoisotopic (exact) mass is 503 g/mol. The van der Waals surface area contributed by atoms with Crippen LogP contribution in [0.3, 0.4) is 0 Å². The van der Waals surface area contributed by atoms with Crippen LogP contribution in [0.15, 0.2) is 18.2 Å². The van der Waals surface area contributed by atoms with Crippen molar-refractivity contribution >= 4 is 17.9 Å². The van der Waals surface area contributed by atoms with Crippen molar-refractivity contribution in [2.75, 3.05) is 19.6 Å². The Labute approximate surface area is 208 Å². The summed E-state index contributed by atoms with van der Waals surface area (Å²) >= 11 is 0. The van der Waals surface area contributed by atoms with Gasteiger partial charge in [-0.1, -0.05) is 0 Å². The molecule has 3 aliphatic heterocycles. The number of alkyl carbamates (subject to hydrolysis) is 1. The van der Waals surface area contributed by atoms with E-state index < -0.39 is 41.5 Å². The molecule has 0 aliphatic carbocycles. The van der Waals surface area contributed by atoms with Crippen molar-refractivity contribution in [1.29, 1.82) is 5.26 Å². The van der Waals surface area contributed by atoms with Gasteiger partial charge in [0.2, 0.25) is 11.8 Å². The fourth-order valence-electron chi connectivity index (χ4n) is 5.28. The maximum Gasteiger partial charge on any atom is 0.408 e. The second kappa shape index (κ2) is 10.0. The number of nitrogens with one attached hydrogen (secondary N) is 1. The number of nitriles is 1. The van der Waals surface area contributed by atoms with Crippen molar-refractivity contribution in [3.8, 4) is 6.07 Å². The van der Waals surface area contributed by atoms with Gasteiger partial charge in [-0.25, -0.2) is 13.6 Å². The SMILES string of the molecule is CC(C)(C)OC(=O)N[C@@H](CN1C[C@H]2C[C@@H]1C(=O)N2Cc1cc(F)cc(F)c1)C(=O)N1CCC[C@H]1C#N. The van der Waals surface area contributed by atoms with E-state index in [0.29, 0.717) is 37.9 Å². The minimum absolute atomic E-state index is 0.0854. The van der Waals surface area contributed by atoms with Crippen molar-refractivity contribution in [3.63, 3.8) is 0 Å². The highest BCUT2D eigenvalue weighted by Crippen LogP contribution is 2.33. The Kier molecular flexibility index (Phi) is 7.18. The number of fused-ring (bicyclic) bond motifs is 2. The van der Waals surface area contributed by atoms with E-state index in [1.807, 2.05) is 4.90 Å². The first kappa shape index (κ1) is 25.8. The van der Waals surface area contributed by atoms with E-state index in [2.05, 4.69) is 11.4 Å². The molecule has 3 amide bonds. The third-order valence-electron chi connectivity index (χ3n) is 6.76. The molecule has 9 nitrogen and oxygen atoms in total. The predicted octanol–water partition coefficient (Wildman–Crippen LogP) is 2.16. The van der Waals surface area contributed by atoms with E-state index in [1.54, 1.807) is 25.7 Å². The molecule has 1 aromatic rings. The van der Waals surface area contributed by atoms with Gasteiger partial charge in [0.1, 0.15) is 29.3 Å². The zero-order chi connectivity index (χ0) is 26.2. The summed E-state index contributed by atoms with van der Waals surface area (Å²) in [4.78, 5) is 43.9. The van der Waals surface area contributed by atoms with Gasteiger partial charge in [-0.2, -0.15) is 5.26 Å². The number of rotatable bonds is 6. The number of carbonyl (C=O) groups is 3. The highest BCUT2D eigenvalue weighted by atomic mass is 19.1. The van der Waals surface area contributed by atoms with Crippen LogP contribution in [0.4, 0.5) is 13.6 Å². The normalized spacial score (nSPS) is 24.7. The molecular formula is C25H31F2N5O4. The molecule has 4 atom stereocenters. The van der Waals surface area contributed by atoms with Crippen LogP contribution in [0, 0.1) is 23.0 Å². The molecule has 3 heterocycles. The molecule has 1 N–H and O–H groups in total. The molecule has 3 fully saturated rings. The quantitative estimate of drug-likeness (QED) is 0.638. The van der Waals surface area contributed by atoms with Gasteiger partial charge in [-0.3, -0.25) is 14.5 Å². The molecule has 3 saturated heterocycles. The molecule has 36 heavy (non-hydrogen) atoms. The Morgan fingerprint density at radius 1 is 1.25 bits per heavy atom. The number of carbonyl (C=O) groups excluding carboxylic acids is 3. The summed E-state index contributed by atoms with van der Waals surface area (Å²) in [7, 11) is 0. The number of hydrogen-bond acceptors (Lipinski definition) is 6. The molecule has 2 bridgehead atoms. The number of nitrogens with zero attached hydrogens (tertiary/aromatic N) is 4. The average Bonchev–Trinajstić information content (AvgIpc) is 3.47. The lowest BCUT2D eigenvalue weighted by Gasteiger charge is -2.36. The second-order valence-corrected chi connectivity index (χ2v) is 10.6. The standard InChI is InChI=1S/C25H31F2N5O4/c1-25(2,3)36-24(35)29-20(22(33)31-6-4-5-18(31)11-28)14-30-13-19-10-21(30)23(34)32(19)12-15-7-16(26)9-17(27)8-15/h7-9,18-21H,4-6,10,12-14H2,1-3H3,(H,29,35)/t18-,19+,20-,21+/m0/s1. The summed E-state index contributed by atoms with van der Waals surface area (Å²) in [6.07, 6.45) is 1.04. The summed E-state index contributed by atoms with van der Waals surface area (Å²) in [6, 6.07) is 3.11. The van der Waals surface area contributed by atoms with E-state index in [9.17, 15) is 28.4 Å². The Bertz CT molecular complexity index is 1060. The molecular weight excluding hydrogens is 472 g/mol. The third-order valence-corrected chi connectivity index (χ3v) is 6.76. The van der Waals surface area contributed by atoms with Crippen molar-refractivity contribution in [2.45, 2.75) is 76.3 Å². The lowest BCUT2D eigenvalue weighted by Crippen LogP contribution is -2.58. The Morgan fingerprint density at radius 2 is 1.94 bits per heavy atom. The summed E-state index contributed by atoms with van der Waals surface area (Å²) in [6.45, 7) is 6.20. The van der Waals surface area contributed by atoms with Gasteiger partial charge in [0, 0.05) is 38.3 Å². The van der Waals surface area contributed by atoms with Crippen molar-refractivity contribution < 1.29 is 27.9 Å². The summed E-state index contributed by atoms with van der Waals surface area (Å²) in [5.41, 5.74) is -0.392. The second-order valence-electron chi connectivity index (χ2n) is 10.6. The topological polar surface area (TPSA) is 106 Å². The largest absolute Gasteiger partial charge is 0.444 e. The number of ether oxygens (including phenoxy) is 1. The first-order valence-corrected chi connectivity index (χ1v) is 12.1. The van der Waals surface area contributed by atoms with Gasteiger partial charge in [0.15, 0.2) is 0 Å². The number of halogens is 2. The van der Waals surface area contributed by atoms with Crippen LogP contribution < -0.4 is 5.32 Å². The van der Waals surface area contributed by atoms with E-state index in [1.165, 1.54) is 17.0 Å². The molecule has 4 rings (SSSR count). The van der Waals surface area contributed by atoms with E-state index in [4.69, 9.17) is 4.74 Å².